The number of benzene rings is 1. The van der Waals surface area contributed by atoms with Gasteiger partial charge in [-0.05, 0) is 60.4 Å². The number of aromatic nitrogens is 1. The van der Waals surface area contributed by atoms with E-state index in [2.05, 4.69) is 30.7 Å². The van der Waals surface area contributed by atoms with Crippen LogP contribution in [0.25, 0.3) is 0 Å². The van der Waals surface area contributed by atoms with Gasteiger partial charge in [0.05, 0.1) is 16.4 Å². The minimum Gasteiger partial charge on any atom is -0.339 e. The summed E-state index contributed by atoms with van der Waals surface area (Å²) in [5.41, 5.74) is 1.77. The number of rotatable bonds is 5. The first-order valence-electron chi connectivity index (χ1n) is 6.35. The molecular formula is C15H17BrFN3. The zero-order valence-electron chi connectivity index (χ0n) is 11.6. The molecule has 106 valence electrons. The van der Waals surface area contributed by atoms with E-state index >= 15 is 0 Å². The summed E-state index contributed by atoms with van der Waals surface area (Å²) in [4.78, 5) is 8.29. The smallest absolute Gasteiger partial charge is 0.139 e. The van der Waals surface area contributed by atoms with Crippen LogP contribution in [0.3, 0.4) is 0 Å². The Hall–Kier alpha value is -1.46. The molecule has 0 fully saturated rings. The minimum atomic E-state index is -0.263. The van der Waals surface area contributed by atoms with Crippen LogP contribution in [0.15, 0.2) is 47.2 Å². The Morgan fingerprint density at radius 1 is 1.15 bits per heavy atom. The van der Waals surface area contributed by atoms with E-state index in [-0.39, 0.29) is 5.82 Å². The summed E-state index contributed by atoms with van der Waals surface area (Å²) in [6.07, 6.45) is 3.52. The summed E-state index contributed by atoms with van der Waals surface area (Å²) < 4.78 is 14.2. The highest BCUT2D eigenvalue weighted by Gasteiger charge is 2.11. The van der Waals surface area contributed by atoms with Gasteiger partial charge in [0, 0.05) is 25.0 Å². The number of anilines is 2. The topological polar surface area (TPSA) is 19.4 Å². The molecule has 0 unspecified atom stereocenters. The first-order valence-corrected chi connectivity index (χ1v) is 7.14. The molecule has 0 bridgehead atoms. The van der Waals surface area contributed by atoms with Crippen molar-refractivity contribution in [3.63, 3.8) is 0 Å². The third-order valence-corrected chi connectivity index (χ3v) is 3.59. The van der Waals surface area contributed by atoms with E-state index in [1.165, 1.54) is 6.07 Å². The van der Waals surface area contributed by atoms with Crippen LogP contribution < -0.4 is 4.90 Å². The van der Waals surface area contributed by atoms with Crippen LogP contribution in [-0.4, -0.2) is 37.1 Å². The van der Waals surface area contributed by atoms with Gasteiger partial charge in [-0.2, -0.15) is 0 Å². The third-order valence-electron chi connectivity index (χ3n) is 2.94. The summed E-state index contributed by atoms with van der Waals surface area (Å²) in [7, 11) is 4.03. The molecule has 0 radical (unpaired) electrons. The van der Waals surface area contributed by atoms with E-state index in [4.69, 9.17) is 0 Å². The van der Waals surface area contributed by atoms with E-state index in [0.29, 0.717) is 4.47 Å². The normalized spacial score (nSPS) is 10.8. The van der Waals surface area contributed by atoms with E-state index in [1.54, 1.807) is 18.5 Å². The molecule has 2 rings (SSSR count). The van der Waals surface area contributed by atoms with Crippen LogP contribution in [0, 0.1) is 5.82 Å². The maximum Gasteiger partial charge on any atom is 0.139 e. The number of pyridine rings is 1. The number of nitrogens with zero attached hydrogens (tertiary/aromatic N) is 3. The van der Waals surface area contributed by atoms with Crippen LogP contribution in [-0.2, 0) is 0 Å². The highest BCUT2D eigenvalue weighted by molar-refractivity contribution is 9.10. The maximum absolute atomic E-state index is 13.8. The Bertz CT molecular complexity index is 560. The molecule has 20 heavy (non-hydrogen) atoms. The molecular weight excluding hydrogens is 321 g/mol. The van der Waals surface area contributed by atoms with Gasteiger partial charge in [-0.3, -0.25) is 4.98 Å². The van der Waals surface area contributed by atoms with Crippen molar-refractivity contribution in [3.05, 3.63) is 53.0 Å². The fourth-order valence-electron chi connectivity index (χ4n) is 1.87. The van der Waals surface area contributed by atoms with E-state index in [9.17, 15) is 4.39 Å². The lowest BCUT2D eigenvalue weighted by molar-refractivity contribution is 0.418. The summed E-state index contributed by atoms with van der Waals surface area (Å²) in [6, 6.07) is 9.02. The van der Waals surface area contributed by atoms with Gasteiger partial charge >= 0.3 is 0 Å². The van der Waals surface area contributed by atoms with Gasteiger partial charge in [-0.1, -0.05) is 0 Å². The highest BCUT2D eigenvalue weighted by atomic mass is 79.9. The zero-order chi connectivity index (χ0) is 14.5. The first kappa shape index (κ1) is 14.9. The average molecular weight is 338 g/mol. The molecule has 0 aliphatic rings. The summed E-state index contributed by atoms with van der Waals surface area (Å²) >= 11 is 3.18. The predicted molar refractivity (Wildman–Crippen MR) is 83.9 cm³/mol. The number of halogens is 2. The Morgan fingerprint density at radius 2 is 1.95 bits per heavy atom. The lowest BCUT2D eigenvalue weighted by atomic mass is 10.2. The monoisotopic (exact) mass is 337 g/mol. The van der Waals surface area contributed by atoms with Gasteiger partial charge in [0.25, 0.3) is 0 Å². The third kappa shape index (κ3) is 3.77. The Balaban J connectivity index is 2.32. The molecule has 5 heteroatoms. The lowest BCUT2D eigenvalue weighted by Crippen LogP contribution is -2.28. The Morgan fingerprint density at radius 3 is 2.55 bits per heavy atom. The molecule has 0 aliphatic carbocycles. The van der Waals surface area contributed by atoms with Crippen LogP contribution in [0.2, 0.25) is 0 Å². The Labute approximate surface area is 127 Å². The quantitative estimate of drug-likeness (QED) is 0.829. The number of likely N-dealkylation sites (N-methyl/N-ethyl adjacent to an activating group) is 1. The molecule has 1 aromatic carbocycles. The standard InChI is InChI=1S/C15H17BrFN3/c1-19(2)8-9-20(13-4-3-7-18-11-13)12-5-6-14(16)15(17)10-12/h3-7,10-11H,8-9H2,1-2H3. The Kier molecular flexibility index (Phi) is 5.09. The van der Waals surface area contributed by atoms with E-state index in [1.807, 2.05) is 32.3 Å². The van der Waals surface area contributed by atoms with Crippen molar-refractivity contribution in [1.82, 2.24) is 9.88 Å². The van der Waals surface area contributed by atoms with Crippen molar-refractivity contribution in [2.45, 2.75) is 0 Å². The zero-order valence-corrected chi connectivity index (χ0v) is 13.1. The molecule has 0 saturated carbocycles. The summed E-state index contributed by atoms with van der Waals surface area (Å²) in [6.45, 7) is 1.63. The van der Waals surface area contributed by atoms with E-state index < -0.39 is 0 Å². The molecule has 2 aromatic rings. The molecule has 0 aliphatic heterocycles. The van der Waals surface area contributed by atoms with Crippen molar-refractivity contribution in [2.75, 3.05) is 32.1 Å². The van der Waals surface area contributed by atoms with Crippen molar-refractivity contribution in [3.8, 4) is 0 Å². The van der Waals surface area contributed by atoms with Crippen molar-refractivity contribution < 1.29 is 4.39 Å². The van der Waals surface area contributed by atoms with Crippen molar-refractivity contribution in [1.29, 1.82) is 0 Å². The molecule has 0 N–H and O–H groups in total. The number of hydrogen-bond donors (Lipinski definition) is 0. The van der Waals surface area contributed by atoms with E-state index in [0.717, 1.165) is 24.5 Å². The molecule has 0 spiro atoms. The fraction of sp³-hybridized carbons (Fsp3) is 0.267. The van der Waals surface area contributed by atoms with Crippen LogP contribution in [0.5, 0.6) is 0 Å². The largest absolute Gasteiger partial charge is 0.339 e. The highest BCUT2D eigenvalue weighted by Crippen LogP contribution is 2.27. The maximum atomic E-state index is 13.8. The van der Waals surface area contributed by atoms with Gasteiger partial charge in [0.2, 0.25) is 0 Å². The van der Waals surface area contributed by atoms with Gasteiger partial charge < -0.3 is 9.80 Å². The fourth-order valence-corrected chi connectivity index (χ4v) is 2.12. The second kappa shape index (κ2) is 6.81. The van der Waals surface area contributed by atoms with Crippen molar-refractivity contribution >= 4 is 27.3 Å². The second-order valence-electron chi connectivity index (χ2n) is 4.76. The molecule has 0 amide bonds. The molecule has 1 aromatic heterocycles. The molecule has 0 atom stereocenters. The van der Waals surface area contributed by atoms with Crippen LogP contribution >= 0.6 is 15.9 Å². The molecule has 0 saturated heterocycles. The first-order chi connectivity index (χ1) is 9.58. The van der Waals surface area contributed by atoms with Gasteiger partial charge in [0.1, 0.15) is 5.82 Å². The number of hydrogen-bond acceptors (Lipinski definition) is 3. The van der Waals surface area contributed by atoms with Gasteiger partial charge in [-0.25, -0.2) is 4.39 Å². The summed E-state index contributed by atoms with van der Waals surface area (Å²) in [5.74, 6) is -0.263. The second-order valence-corrected chi connectivity index (χ2v) is 5.62. The lowest BCUT2D eigenvalue weighted by Gasteiger charge is -2.26. The average Bonchev–Trinajstić information content (AvgIpc) is 2.44. The van der Waals surface area contributed by atoms with Gasteiger partial charge in [0.15, 0.2) is 0 Å². The summed E-state index contributed by atoms with van der Waals surface area (Å²) in [5, 5.41) is 0. The SMILES string of the molecule is CN(C)CCN(c1cccnc1)c1ccc(Br)c(F)c1. The molecule has 1 heterocycles. The van der Waals surface area contributed by atoms with Crippen LogP contribution in [0.4, 0.5) is 15.8 Å². The van der Waals surface area contributed by atoms with Crippen molar-refractivity contribution in [2.24, 2.45) is 0 Å². The predicted octanol–water partition coefficient (Wildman–Crippen LogP) is 3.68. The van der Waals surface area contributed by atoms with Crippen LogP contribution in [0.1, 0.15) is 0 Å². The molecule has 3 nitrogen and oxygen atoms in total. The minimum absolute atomic E-state index is 0.263. The van der Waals surface area contributed by atoms with Gasteiger partial charge in [-0.15, -0.1) is 0 Å².